The fourth-order valence-corrected chi connectivity index (χ4v) is 3.41. The average molecular weight is 327 g/mol. The zero-order valence-electron chi connectivity index (χ0n) is 13.3. The van der Waals surface area contributed by atoms with Gasteiger partial charge in [0.1, 0.15) is 0 Å². The van der Waals surface area contributed by atoms with Gasteiger partial charge in [-0.25, -0.2) is 0 Å². The molecule has 0 radical (unpaired) electrons. The van der Waals surface area contributed by atoms with Crippen molar-refractivity contribution in [1.82, 2.24) is 9.80 Å². The highest BCUT2D eigenvalue weighted by molar-refractivity contribution is 5.46. The van der Waals surface area contributed by atoms with Crippen LogP contribution in [-0.4, -0.2) is 42.5 Å². The van der Waals surface area contributed by atoms with Gasteiger partial charge >= 0.3 is 6.18 Å². The fourth-order valence-electron chi connectivity index (χ4n) is 3.41. The molecule has 3 rings (SSSR count). The van der Waals surface area contributed by atoms with Gasteiger partial charge < -0.3 is 10.6 Å². The van der Waals surface area contributed by atoms with Crippen LogP contribution in [0, 0.1) is 5.92 Å². The first-order valence-corrected chi connectivity index (χ1v) is 8.32. The number of hydrogen-bond donors (Lipinski definition) is 1. The molecule has 1 aliphatic heterocycles. The summed E-state index contributed by atoms with van der Waals surface area (Å²) in [5.41, 5.74) is 5.40. The summed E-state index contributed by atoms with van der Waals surface area (Å²) < 4.78 is 39.5. The van der Waals surface area contributed by atoms with Crippen LogP contribution < -0.4 is 5.73 Å². The first-order chi connectivity index (χ1) is 10.9. The van der Waals surface area contributed by atoms with Gasteiger partial charge in [0.25, 0.3) is 0 Å². The molecule has 1 saturated carbocycles. The Hall–Kier alpha value is -1.27. The summed E-state index contributed by atoms with van der Waals surface area (Å²) in [7, 11) is 0. The van der Waals surface area contributed by atoms with Crippen LogP contribution >= 0.6 is 0 Å². The molecule has 1 aliphatic carbocycles. The zero-order valence-corrected chi connectivity index (χ0v) is 13.3. The SMILES string of the molecule is Nc1ccc(CN2CCN(CC3CCC3)CC2)c(C(F)(F)F)c1. The van der Waals surface area contributed by atoms with Gasteiger partial charge in [-0.1, -0.05) is 12.5 Å². The van der Waals surface area contributed by atoms with Gasteiger partial charge in [-0.05, 0) is 36.5 Å². The van der Waals surface area contributed by atoms with E-state index < -0.39 is 11.7 Å². The van der Waals surface area contributed by atoms with E-state index in [1.54, 1.807) is 6.07 Å². The highest BCUT2D eigenvalue weighted by Gasteiger charge is 2.34. The smallest absolute Gasteiger partial charge is 0.399 e. The van der Waals surface area contributed by atoms with E-state index in [4.69, 9.17) is 5.73 Å². The molecule has 1 aromatic rings. The first-order valence-electron chi connectivity index (χ1n) is 8.32. The van der Waals surface area contributed by atoms with Gasteiger partial charge in [-0.2, -0.15) is 13.2 Å². The molecule has 6 heteroatoms. The van der Waals surface area contributed by atoms with Crippen molar-refractivity contribution >= 4 is 5.69 Å². The molecule has 1 saturated heterocycles. The summed E-state index contributed by atoms with van der Waals surface area (Å²) in [6.45, 7) is 5.05. The second-order valence-corrected chi connectivity index (χ2v) is 6.79. The van der Waals surface area contributed by atoms with Crippen LogP contribution in [0.3, 0.4) is 0 Å². The Morgan fingerprint density at radius 2 is 1.70 bits per heavy atom. The van der Waals surface area contributed by atoms with Crippen LogP contribution in [0.2, 0.25) is 0 Å². The number of piperazine rings is 1. The topological polar surface area (TPSA) is 32.5 Å². The predicted octanol–water partition coefficient (Wildman–Crippen LogP) is 3.21. The Kier molecular flexibility index (Phi) is 4.82. The normalized spacial score (nSPS) is 21.3. The molecule has 3 nitrogen and oxygen atoms in total. The monoisotopic (exact) mass is 327 g/mol. The fraction of sp³-hybridized carbons (Fsp3) is 0.647. The average Bonchev–Trinajstić information content (AvgIpc) is 2.45. The number of nitrogen functional groups attached to an aromatic ring is 1. The predicted molar refractivity (Wildman–Crippen MR) is 84.9 cm³/mol. The second-order valence-electron chi connectivity index (χ2n) is 6.79. The van der Waals surface area contributed by atoms with Crippen LogP contribution in [-0.2, 0) is 12.7 Å². The molecule has 2 aliphatic rings. The lowest BCUT2D eigenvalue weighted by atomic mass is 9.85. The maximum absolute atomic E-state index is 13.2. The molecule has 1 aromatic carbocycles. The zero-order chi connectivity index (χ0) is 16.4. The van der Waals surface area contributed by atoms with Crippen molar-refractivity contribution in [3.63, 3.8) is 0 Å². The molecule has 0 bridgehead atoms. The Morgan fingerprint density at radius 3 is 2.26 bits per heavy atom. The highest BCUT2D eigenvalue weighted by atomic mass is 19.4. The molecule has 0 aromatic heterocycles. The van der Waals surface area contributed by atoms with Crippen LogP contribution in [0.4, 0.5) is 18.9 Å². The van der Waals surface area contributed by atoms with E-state index in [9.17, 15) is 13.2 Å². The number of nitrogens with two attached hydrogens (primary N) is 1. The van der Waals surface area contributed by atoms with E-state index in [0.717, 1.165) is 44.7 Å². The molecule has 128 valence electrons. The lowest BCUT2D eigenvalue weighted by molar-refractivity contribution is -0.138. The van der Waals surface area contributed by atoms with E-state index >= 15 is 0 Å². The lowest BCUT2D eigenvalue weighted by Crippen LogP contribution is -2.48. The molecule has 0 spiro atoms. The molecule has 2 fully saturated rings. The molecular formula is C17H24F3N3. The summed E-state index contributed by atoms with van der Waals surface area (Å²) in [5, 5.41) is 0. The minimum atomic E-state index is -4.35. The summed E-state index contributed by atoms with van der Waals surface area (Å²) in [4.78, 5) is 4.56. The van der Waals surface area contributed by atoms with E-state index in [-0.39, 0.29) is 5.69 Å². The lowest BCUT2D eigenvalue weighted by Gasteiger charge is -2.38. The number of halogens is 3. The maximum Gasteiger partial charge on any atom is 0.416 e. The van der Waals surface area contributed by atoms with Crippen molar-refractivity contribution in [1.29, 1.82) is 0 Å². The Morgan fingerprint density at radius 1 is 1.04 bits per heavy atom. The molecule has 0 amide bonds. The Bertz CT molecular complexity index is 532. The van der Waals surface area contributed by atoms with Crippen LogP contribution in [0.5, 0.6) is 0 Å². The van der Waals surface area contributed by atoms with Crippen molar-refractivity contribution in [3.8, 4) is 0 Å². The third-order valence-corrected chi connectivity index (χ3v) is 5.04. The number of alkyl halides is 3. The van der Waals surface area contributed by atoms with E-state index in [2.05, 4.69) is 9.80 Å². The molecular weight excluding hydrogens is 303 g/mol. The van der Waals surface area contributed by atoms with Gasteiger partial charge in [-0.15, -0.1) is 0 Å². The molecule has 0 atom stereocenters. The Balaban J connectivity index is 1.58. The minimum Gasteiger partial charge on any atom is -0.399 e. The van der Waals surface area contributed by atoms with Gasteiger partial charge in [0.05, 0.1) is 5.56 Å². The van der Waals surface area contributed by atoms with Crippen LogP contribution in [0.1, 0.15) is 30.4 Å². The van der Waals surface area contributed by atoms with E-state index in [0.29, 0.717) is 12.1 Å². The quantitative estimate of drug-likeness (QED) is 0.862. The summed E-state index contributed by atoms with van der Waals surface area (Å²) >= 11 is 0. The van der Waals surface area contributed by atoms with E-state index in [1.165, 1.54) is 25.3 Å². The van der Waals surface area contributed by atoms with Crippen molar-refractivity contribution < 1.29 is 13.2 Å². The second kappa shape index (κ2) is 6.69. The van der Waals surface area contributed by atoms with Gasteiger partial charge in [-0.3, -0.25) is 4.90 Å². The third-order valence-electron chi connectivity index (χ3n) is 5.04. The molecule has 0 unspecified atom stereocenters. The summed E-state index contributed by atoms with van der Waals surface area (Å²) in [6, 6.07) is 4.11. The number of benzene rings is 1. The number of rotatable bonds is 4. The third kappa shape index (κ3) is 4.18. The van der Waals surface area contributed by atoms with Gasteiger partial charge in [0, 0.05) is 45.0 Å². The van der Waals surface area contributed by atoms with Crippen LogP contribution in [0.15, 0.2) is 18.2 Å². The number of anilines is 1. The minimum absolute atomic E-state index is 0.159. The largest absolute Gasteiger partial charge is 0.416 e. The standard InChI is InChI=1S/C17H24F3N3/c18-17(19,20)16-10-15(21)5-4-14(16)12-23-8-6-22(7-9-23)11-13-2-1-3-13/h4-5,10,13H,1-3,6-9,11-12,21H2. The van der Waals surface area contributed by atoms with E-state index in [1.807, 2.05) is 0 Å². The summed E-state index contributed by atoms with van der Waals surface area (Å²) in [5.74, 6) is 0.843. The van der Waals surface area contributed by atoms with Crippen LogP contribution in [0.25, 0.3) is 0 Å². The molecule has 2 N–H and O–H groups in total. The Labute approximate surface area is 135 Å². The number of hydrogen-bond acceptors (Lipinski definition) is 3. The first kappa shape index (κ1) is 16.6. The summed E-state index contributed by atoms with van der Waals surface area (Å²) in [6.07, 6.45) is -0.333. The molecule has 23 heavy (non-hydrogen) atoms. The van der Waals surface area contributed by atoms with Gasteiger partial charge in [0.2, 0.25) is 0 Å². The number of nitrogens with zero attached hydrogens (tertiary/aromatic N) is 2. The molecule has 1 heterocycles. The van der Waals surface area contributed by atoms with Gasteiger partial charge in [0.15, 0.2) is 0 Å². The van der Waals surface area contributed by atoms with Crippen molar-refractivity contribution in [3.05, 3.63) is 29.3 Å². The maximum atomic E-state index is 13.2. The van der Waals surface area contributed by atoms with Crippen molar-refractivity contribution in [2.24, 2.45) is 5.92 Å². The van der Waals surface area contributed by atoms with Crippen molar-refractivity contribution in [2.75, 3.05) is 38.5 Å². The highest BCUT2D eigenvalue weighted by Crippen LogP contribution is 2.34. The van der Waals surface area contributed by atoms with Crippen molar-refractivity contribution in [2.45, 2.75) is 32.0 Å².